The van der Waals surface area contributed by atoms with Crippen LogP contribution >= 0.6 is 15.9 Å². The van der Waals surface area contributed by atoms with Crippen molar-refractivity contribution < 1.29 is 13.0 Å². The Morgan fingerprint density at radius 2 is 1.70 bits per heavy atom. The quantitative estimate of drug-likeness (QED) is 0.849. The molecule has 0 aliphatic heterocycles. The van der Waals surface area contributed by atoms with E-state index < -0.39 is 10.1 Å². The number of benzene rings is 2. The fourth-order valence-electron chi connectivity index (χ4n) is 2.09. The summed E-state index contributed by atoms with van der Waals surface area (Å²) < 4.78 is 33.0. The summed E-state index contributed by atoms with van der Waals surface area (Å²) >= 11 is 3.38. The Labute approximate surface area is 127 Å². The highest BCUT2D eigenvalue weighted by molar-refractivity contribution is 9.10. The van der Waals surface area contributed by atoms with E-state index in [0.717, 1.165) is 22.0 Å². The van der Waals surface area contributed by atoms with Gasteiger partial charge in [-0.25, -0.2) is 0 Å². The van der Waals surface area contributed by atoms with Crippen molar-refractivity contribution in [3.05, 3.63) is 63.6 Å². The Hall–Kier alpha value is -1.17. The van der Waals surface area contributed by atoms with Crippen LogP contribution < -0.4 is 0 Å². The third kappa shape index (κ3) is 3.91. The molecule has 2 rings (SSSR count). The number of rotatable bonds is 4. The Bertz CT molecular complexity index is 706. The highest BCUT2D eigenvalue weighted by atomic mass is 79.9. The molecule has 0 saturated heterocycles. The SMILES string of the molecule is Cc1ccc(S(=O)(=O)O)c(CCc2ccc(Br)cc2)c1. The van der Waals surface area contributed by atoms with Crippen LogP contribution in [-0.4, -0.2) is 13.0 Å². The van der Waals surface area contributed by atoms with Crippen LogP contribution in [0.25, 0.3) is 0 Å². The standard InChI is InChI=1S/C15H15BrO3S/c1-11-2-9-15(20(17,18)19)13(10-11)6-3-12-4-7-14(16)8-5-12/h2,4-5,7-10H,3,6H2,1H3,(H,17,18,19). The number of halogens is 1. The third-order valence-corrected chi connectivity index (χ3v) is 4.57. The van der Waals surface area contributed by atoms with Gasteiger partial charge >= 0.3 is 0 Å². The summed E-state index contributed by atoms with van der Waals surface area (Å²) in [4.78, 5) is 0.000196. The summed E-state index contributed by atoms with van der Waals surface area (Å²) in [6, 6.07) is 12.8. The molecule has 106 valence electrons. The molecule has 2 aromatic rings. The first-order valence-corrected chi connectivity index (χ1v) is 8.41. The topological polar surface area (TPSA) is 54.4 Å². The molecule has 3 nitrogen and oxygen atoms in total. The zero-order valence-electron chi connectivity index (χ0n) is 11.0. The van der Waals surface area contributed by atoms with E-state index >= 15 is 0 Å². The first-order valence-electron chi connectivity index (χ1n) is 6.18. The van der Waals surface area contributed by atoms with Gasteiger partial charge in [-0.2, -0.15) is 8.42 Å². The lowest BCUT2D eigenvalue weighted by molar-refractivity contribution is 0.482. The van der Waals surface area contributed by atoms with Gasteiger partial charge in [-0.15, -0.1) is 0 Å². The van der Waals surface area contributed by atoms with E-state index in [0.29, 0.717) is 12.0 Å². The molecule has 0 radical (unpaired) electrons. The van der Waals surface area contributed by atoms with E-state index in [9.17, 15) is 13.0 Å². The highest BCUT2D eigenvalue weighted by Crippen LogP contribution is 2.20. The molecule has 0 heterocycles. The molecule has 0 unspecified atom stereocenters. The fourth-order valence-corrected chi connectivity index (χ4v) is 3.08. The number of hydrogen-bond donors (Lipinski definition) is 1. The zero-order valence-corrected chi connectivity index (χ0v) is 13.4. The Balaban J connectivity index is 2.25. The normalized spacial score (nSPS) is 11.6. The van der Waals surface area contributed by atoms with Crippen LogP contribution in [0.2, 0.25) is 0 Å². The number of aryl methyl sites for hydroxylation is 3. The largest absolute Gasteiger partial charge is 0.294 e. The van der Waals surface area contributed by atoms with Gasteiger partial charge in [0.1, 0.15) is 0 Å². The lowest BCUT2D eigenvalue weighted by Gasteiger charge is -2.08. The van der Waals surface area contributed by atoms with E-state index in [4.69, 9.17) is 0 Å². The van der Waals surface area contributed by atoms with Crippen LogP contribution in [0.3, 0.4) is 0 Å². The third-order valence-electron chi connectivity index (χ3n) is 3.09. The molecular weight excluding hydrogens is 340 g/mol. The van der Waals surface area contributed by atoms with Gasteiger partial charge in [0.2, 0.25) is 0 Å². The maximum Gasteiger partial charge on any atom is 0.294 e. The molecule has 0 spiro atoms. The monoisotopic (exact) mass is 354 g/mol. The zero-order chi connectivity index (χ0) is 14.8. The predicted octanol–water partition coefficient (Wildman–Crippen LogP) is 3.79. The van der Waals surface area contributed by atoms with Crippen LogP contribution in [0.15, 0.2) is 51.8 Å². The van der Waals surface area contributed by atoms with Crippen molar-refractivity contribution in [3.63, 3.8) is 0 Å². The molecular formula is C15H15BrO3S. The van der Waals surface area contributed by atoms with E-state index in [2.05, 4.69) is 15.9 Å². The predicted molar refractivity (Wildman–Crippen MR) is 82.5 cm³/mol. The van der Waals surface area contributed by atoms with Crippen molar-refractivity contribution in [2.45, 2.75) is 24.7 Å². The molecule has 2 aromatic carbocycles. The van der Waals surface area contributed by atoms with Crippen molar-refractivity contribution >= 4 is 26.0 Å². The van der Waals surface area contributed by atoms with E-state index in [1.54, 1.807) is 6.07 Å². The molecule has 20 heavy (non-hydrogen) atoms. The minimum atomic E-state index is -4.17. The highest BCUT2D eigenvalue weighted by Gasteiger charge is 2.15. The molecule has 0 fully saturated rings. The first kappa shape index (κ1) is 15.2. The average molecular weight is 355 g/mol. The van der Waals surface area contributed by atoms with Crippen molar-refractivity contribution in [1.82, 2.24) is 0 Å². The Morgan fingerprint density at radius 1 is 1.05 bits per heavy atom. The van der Waals surface area contributed by atoms with Gasteiger partial charge in [-0.3, -0.25) is 4.55 Å². The Kier molecular flexibility index (Phi) is 4.62. The van der Waals surface area contributed by atoms with Crippen molar-refractivity contribution in [2.24, 2.45) is 0 Å². The van der Waals surface area contributed by atoms with Gasteiger partial charge in [0, 0.05) is 4.47 Å². The first-order chi connectivity index (χ1) is 9.36. The second kappa shape index (κ2) is 6.08. The van der Waals surface area contributed by atoms with Gasteiger partial charge in [-0.1, -0.05) is 45.8 Å². The second-order valence-electron chi connectivity index (χ2n) is 4.71. The molecule has 0 aromatic heterocycles. The van der Waals surface area contributed by atoms with Gasteiger partial charge in [0.25, 0.3) is 10.1 Å². The maximum absolute atomic E-state index is 11.4. The van der Waals surface area contributed by atoms with Gasteiger partial charge in [0.05, 0.1) is 4.90 Å². The molecule has 5 heteroatoms. The van der Waals surface area contributed by atoms with Gasteiger partial charge in [0.15, 0.2) is 0 Å². The lowest BCUT2D eigenvalue weighted by atomic mass is 10.0. The minimum Gasteiger partial charge on any atom is -0.282 e. The summed E-state index contributed by atoms with van der Waals surface area (Å²) in [5.41, 5.74) is 2.75. The summed E-state index contributed by atoms with van der Waals surface area (Å²) in [5.74, 6) is 0. The molecule has 0 aliphatic carbocycles. The molecule has 0 aliphatic rings. The molecule has 0 saturated carbocycles. The smallest absolute Gasteiger partial charge is 0.282 e. The molecule has 0 bridgehead atoms. The second-order valence-corrected chi connectivity index (χ2v) is 7.02. The van der Waals surface area contributed by atoms with Crippen LogP contribution in [0.4, 0.5) is 0 Å². The Morgan fingerprint density at radius 3 is 2.30 bits per heavy atom. The average Bonchev–Trinajstić information content (AvgIpc) is 2.36. The van der Waals surface area contributed by atoms with Crippen molar-refractivity contribution in [2.75, 3.05) is 0 Å². The summed E-state index contributed by atoms with van der Waals surface area (Å²) in [5, 5.41) is 0. The molecule has 1 N–H and O–H groups in total. The fraction of sp³-hybridized carbons (Fsp3) is 0.200. The van der Waals surface area contributed by atoms with Crippen LogP contribution in [-0.2, 0) is 23.0 Å². The van der Waals surface area contributed by atoms with Crippen LogP contribution in [0.1, 0.15) is 16.7 Å². The minimum absolute atomic E-state index is 0.000196. The van der Waals surface area contributed by atoms with Gasteiger partial charge in [-0.05, 0) is 49.1 Å². The van der Waals surface area contributed by atoms with Crippen LogP contribution in [0, 0.1) is 6.92 Å². The molecule has 0 atom stereocenters. The van der Waals surface area contributed by atoms with E-state index in [-0.39, 0.29) is 4.90 Å². The summed E-state index contributed by atoms with van der Waals surface area (Å²) in [6.07, 6.45) is 1.29. The number of hydrogen-bond acceptors (Lipinski definition) is 2. The van der Waals surface area contributed by atoms with Crippen molar-refractivity contribution in [1.29, 1.82) is 0 Å². The van der Waals surface area contributed by atoms with Crippen molar-refractivity contribution in [3.8, 4) is 0 Å². The van der Waals surface area contributed by atoms with Crippen LogP contribution in [0.5, 0.6) is 0 Å². The van der Waals surface area contributed by atoms with Gasteiger partial charge < -0.3 is 0 Å². The van der Waals surface area contributed by atoms with E-state index in [1.165, 1.54) is 6.07 Å². The molecule has 0 amide bonds. The lowest BCUT2D eigenvalue weighted by Crippen LogP contribution is -2.04. The summed E-state index contributed by atoms with van der Waals surface area (Å²) in [7, 11) is -4.17. The summed E-state index contributed by atoms with van der Waals surface area (Å²) in [6.45, 7) is 1.90. The maximum atomic E-state index is 11.4. The van der Waals surface area contributed by atoms with E-state index in [1.807, 2.05) is 37.3 Å².